The van der Waals surface area contributed by atoms with E-state index in [1.807, 2.05) is 24.3 Å². The third kappa shape index (κ3) is 2.87. The Labute approximate surface area is 159 Å². The Bertz CT molecular complexity index is 1060. The second-order valence-electron chi connectivity index (χ2n) is 5.66. The number of ketones is 1. The summed E-state index contributed by atoms with van der Waals surface area (Å²) in [7, 11) is 0. The SMILES string of the molecule is O=C1c2ccccc2-c2cc(Cl)c(N=Cc3ccc(Cl)c(Cl)c3)cc21. The average Bonchev–Trinajstić information content (AvgIpc) is 2.88. The highest BCUT2D eigenvalue weighted by molar-refractivity contribution is 6.42. The number of carbonyl (C=O) groups is 1. The normalized spacial score (nSPS) is 12.5. The van der Waals surface area contributed by atoms with Gasteiger partial charge in [-0.15, -0.1) is 0 Å². The molecular formula is C20H10Cl3NO. The van der Waals surface area contributed by atoms with Crippen molar-refractivity contribution in [1.29, 1.82) is 0 Å². The van der Waals surface area contributed by atoms with Crippen molar-refractivity contribution in [2.45, 2.75) is 0 Å². The fraction of sp³-hybridized carbons (Fsp3) is 0. The molecule has 25 heavy (non-hydrogen) atoms. The highest BCUT2D eigenvalue weighted by Crippen LogP contribution is 2.41. The zero-order valence-electron chi connectivity index (χ0n) is 12.8. The summed E-state index contributed by atoms with van der Waals surface area (Å²) in [5, 5.41) is 1.42. The van der Waals surface area contributed by atoms with Crippen molar-refractivity contribution >= 4 is 52.5 Å². The number of halogens is 3. The molecule has 0 saturated carbocycles. The number of hydrogen-bond acceptors (Lipinski definition) is 2. The van der Waals surface area contributed by atoms with Gasteiger partial charge in [-0.2, -0.15) is 0 Å². The first kappa shape index (κ1) is 16.3. The van der Waals surface area contributed by atoms with Gasteiger partial charge < -0.3 is 0 Å². The first-order valence-electron chi connectivity index (χ1n) is 7.51. The highest BCUT2D eigenvalue weighted by Gasteiger charge is 2.27. The third-order valence-corrected chi connectivity index (χ3v) is 5.13. The lowest BCUT2D eigenvalue weighted by Gasteiger charge is -2.04. The van der Waals surface area contributed by atoms with Gasteiger partial charge in [0, 0.05) is 17.3 Å². The number of carbonyl (C=O) groups excluding carboxylic acids is 1. The van der Waals surface area contributed by atoms with E-state index in [0.29, 0.717) is 31.9 Å². The van der Waals surface area contributed by atoms with E-state index in [1.54, 1.807) is 36.5 Å². The van der Waals surface area contributed by atoms with Crippen LogP contribution in [0.2, 0.25) is 15.1 Å². The largest absolute Gasteiger partial charge is 0.289 e. The summed E-state index contributed by atoms with van der Waals surface area (Å²) >= 11 is 18.3. The lowest BCUT2D eigenvalue weighted by Crippen LogP contribution is -1.94. The van der Waals surface area contributed by atoms with Gasteiger partial charge in [-0.25, -0.2) is 0 Å². The van der Waals surface area contributed by atoms with Crippen LogP contribution in [0.4, 0.5) is 5.69 Å². The summed E-state index contributed by atoms with van der Waals surface area (Å²) in [6.45, 7) is 0. The van der Waals surface area contributed by atoms with Gasteiger partial charge in [-0.05, 0) is 41.0 Å². The molecule has 0 aromatic heterocycles. The first-order valence-corrected chi connectivity index (χ1v) is 8.65. The molecule has 0 radical (unpaired) electrons. The summed E-state index contributed by atoms with van der Waals surface area (Å²) in [4.78, 5) is 17.0. The molecule has 5 heteroatoms. The molecule has 2 nitrogen and oxygen atoms in total. The summed E-state index contributed by atoms with van der Waals surface area (Å²) < 4.78 is 0. The van der Waals surface area contributed by atoms with E-state index in [-0.39, 0.29) is 5.78 Å². The third-order valence-electron chi connectivity index (χ3n) is 4.09. The van der Waals surface area contributed by atoms with Crippen molar-refractivity contribution in [3.63, 3.8) is 0 Å². The minimum atomic E-state index is -0.00625. The summed E-state index contributed by atoms with van der Waals surface area (Å²) in [5.41, 5.74) is 4.39. The average molecular weight is 387 g/mol. The Kier molecular flexibility index (Phi) is 4.12. The molecule has 0 spiro atoms. The van der Waals surface area contributed by atoms with Crippen molar-refractivity contribution in [3.05, 3.63) is 86.4 Å². The lowest BCUT2D eigenvalue weighted by atomic mass is 10.1. The quantitative estimate of drug-likeness (QED) is 0.356. The van der Waals surface area contributed by atoms with Crippen LogP contribution < -0.4 is 0 Å². The smallest absolute Gasteiger partial charge is 0.194 e. The van der Waals surface area contributed by atoms with Gasteiger partial charge in [-0.3, -0.25) is 9.79 Å². The zero-order chi connectivity index (χ0) is 17.6. The van der Waals surface area contributed by atoms with E-state index in [4.69, 9.17) is 34.8 Å². The molecule has 3 aromatic carbocycles. The Morgan fingerprint density at radius 2 is 1.48 bits per heavy atom. The monoisotopic (exact) mass is 385 g/mol. The molecule has 0 unspecified atom stereocenters. The molecular weight excluding hydrogens is 377 g/mol. The fourth-order valence-corrected chi connectivity index (χ4v) is 3.39. The van der Waals surface area contributed by atoms with Crippen molar-refractivity contribution in [1.82, 2.24) is 0 Å². The highest BCUT2D eigenvalue weighted by atomic mass is 35.5. The van der Waals surface area contributed by atoms with E-state index < -0.39 is 0 Å². The van der Waals surface area contributed by atoms with Crippen molar-refractivity contribution in [2.24, 2.45) is 4.99 Å². The zero-order valence-corrected chi connectivity index (χ0v) is 15.0. The minimum Gasteiger partial charge on any atom is -0.289 e. The predicted molar refractivity (Wildman–Crippen MR) is 104 cm³/mol. The van der Waals surface area contributed by atoms with Gasteiger partial charge in [0.15, 0.2) is 5.78 Å². The van der Waals surface area contributed by atoms with Crippen LogP contribution in [-0.4, -0.2) is 12.0 Å². The van der Waals surface area contributed by atoms with Gasteiger partial charge in [0.05, 0.1) is 20.8 Å². The Hall–Kier alpha value is -2.13. The molecule has 4 rings (SSSR count). The number of aliphatic imine (C=N–C) groups is 1. The lowest BCUT2D eigenvalue weighted by molar-refractivity contribution is 0.104. The molecule has 1 aliphatic carbocycles. The minimum absolute atomic E-state index is 0.00625. The van der Waals surface area contributed by atoms with E-state index in [9.17, 15) is 4.79 Å². The van der Waals surface area contributed by atoms with Gasteiger partial charge in [-0.1, -0.05) is 65.1 Å². The number of rotatable bonds is 2. The van der Waals surface area contributed by atoms with E-state index >= 15 is 0 Å². The van der Waals surface area contributed by atoms with Crippen LogP contribution >= 0.6 is 34.8 Å². The molecule has 3 aromatic rings. The molecule has 0 N–H and O–H groups in total. The molecule has 0 heterocycles. The molecule has 0 saturated heterocycles. The molecule has 0 fully saturated rings. The molecule has 0 amide bonds. The maximum Gasteiger partial charge on any atom is 0.194 e. The van der Waals surface area contributed by atoms with Crippen LogP contribution in [-0.2, 0) is 0 Å². The molecule has 122 valence electrons. The van der Waals surface area contributed by atoms with Crippen LogP contribution in [0, 0.1) is 0 Å². The van der Waals surface area contributed by atoms with Crippen molar-refractivity contribution in [2.75, 3.05) is 0 Å². The maximum atomic E-state index is 12.6. The number of hydrogen-bond donors (Lipinski definition) is 0. The predicted octanol–water partition coefficient (Wildman–Crippen LogP) is 6.61. The van der Waals surface area contributed by atoms with Gasteiger partial charge in [0.2, 0.25) is 0 Å². The summed E-state index contributed by atoms with van der Waals surface area (Å²) in [6, 6.07) is 16.3. The van der Waals surface area contributed by atoms with Gasteiger partial charge >= 0.3 is 0 Å². The van der Waals surface area contributed by atoms with E-state index in [1.165, 1.54) is 0 Å². The molecule has 1 aliphatic rings. The Morgan fingerprint density at radius 3 is 2.24 bits per heavy atom. The Balaban J connectivity index is 1.75. The Morgan fingerprint density at radius 1 is 0.720 bits per heavy atom. The van der Waals surface area contributed by atoms with Crippen LogP contribution in [0.3, 0.4) is 0 Å². The fourth-order valence-electron chi connectivity index (χ4n) is 2.87. The first-order chi connectivity index (χ1) is 12.0. The van der Waals surface area contributed by atoms with Crippen molar-refractivity contribution in [3.8, 4) is 11.1 Å². The number of benzene rings is 3. The van der Waals surface area contributed by atoms with Crippen LogP contribution in [0.5, 0.6) is 0 Å². The number of fused-ring (bicyclic) bond motifs is 3. The second kappa shape index (κ2) is 6.30. The van der Waals surface area contributed by atoms with Gasteiger partial charge in [0.25, 0.3) is 0 Å². The molecule has 0 aliphatic heterocycles. The van der Waals surface area contributed by atoms with E-state index in [0.717, 1.165) is 16.7 Å². The van der Waals surface area contributed by atoms with Crippen LogP contribution in [0.15, 0.2) is 59.6 Å². The van der Waals surface area contributed by atoms with Crippen LogP contribution in [0.25, 0.3) is 11.1 Å². The summed E-state index contributed by atoms with van der Waals surface area (Å²) in [5.74, 6) is -0.00625. The molecule has 0 atom stereocenters. The van der Waals surface area contributed by atoms with Crippen molar-refractivity contribution < 1.29 is 4.79 Å². The van der Waals surface area contributed by atoms with Gasteiger partial charge in [0.1, 0.15) is 0 Å². The number of nitrogens with zero attached hydrogens (tertiary/aromatic N) is 1. The second-order valence-corrected chi connectivity index (χ2v) is 6.88. The van der Waals surface area contributed by atoms with Crippen LogP contribution in [0.1, 0.15) is 21.5 Å². The molecule has 0 bridgehead atoms. The summed E-state index contributed by atoms with van der Waals surface area (Å²) in [6.07, 6.45) is 1.64. The van der Waals surface area contributed by atoms with E-state index in [2.05, 4.69) is 4.99 Å². The topological polar surface area (TPSA) is 29.4 Å². The standard InChI is InChI=1S/C20H10Cl3NO/c21-16-6-5-11(7-17(16)22)10-24-19-9-15-14(8-18(19)23)12-3-1-2-4-13(12)20(15)25/h1-10H. The maximum absolute atomic E-state index is 12.6.